The van der Waals surface area contributed by atoms with Gasteiger partial charge in [-0.15, -0.1) is 0 Å². The maximum Gasteiger partial charge on any atom is 0.236 e. The quantitative estimate of drug-likeness (QED) is 0.526. The third-order valence-corrected chi connectivity index (χ3v) is 7.34. The number of rotatable bonds is 6. The Labute approximate surface area is 198 Å². The van der Waals surface area contributed by atoms with E-state index in [1.54, 1.807) is 0 Å². The zero-order chi connectivity index (χ0) is 22.6. The van der Waals surface area contributed by atoms with Crippen LogP contribution < -0.4 is 0 Å². The summed E-state index contributed by atoms with van der Waals surface area (Å²) in [7, 11) is 0. The lowest BCUT2D eigenvalue weighted by Crippen LogP contribution is -2.51. The fourth-order valence-corrected chi connectivity index (χ4v) is 5.49. The van der Waals surface area contributed by atoms with E-state index in [0.717, 1.165) is 60.9 Å². The van der Waals surface area contributed by atoms with Gasteiger partial charge in [0.1, 0.15) is 0 Å². The fourth-order valence-electron chi connectivity index (χ4n) is 4.56. The summed E-state index contributed by atoms with van der Waals surface area (Å²) in [4.78, 5) is 36.2. The molecule has 172 valence electrons. The SMILES string of the molecule is O=C(CSc1nc2ccccc2n1-c1ccccc1)N1CCN(CC(=O)N2CCCC2)CC1. The smallest absolute Gasteiger partial charge is 0.236 e. The summed E-state index contributed by atoms with van der Waals surface area (Å²) in [6.45, 7) is 5.09. The monoisotopic (exact) mass is 463 g/mol. The standard InChI is InChI=1S/C25H29N5O2S/c31-23(28-12-6-7-13-28)18-27-14-16-29(17-15-27)24(32)19-33-25-26-21-10-4-5-11-22(21)30(25)20-8-2-1-3-9-20/h1-5,8-11H,6-7,12-19H2. The lowest BCUT2D eigenvalue weighted by Gasteiger charge is -2.35. The van der Waals surface area contributed by atoms with Crippen molar-refractivity contribution in [3.63, 3.8) is 0 Å². The van der Waals surface area contributed by atoms with Crippen LogP contribution in [0, 0.1) is 0 Å². The van der Waals surface area contributed by atoms with Gasteiger partial charge in [0.25, 0.3) is 0 Å². The maximum atomic E-state index is 12.9. The normalized spacial score (nSPS) is 17.1. The van der Waals surface area contributed by atoms with E-state index in [1.807, 2.05) is 46.2 Å². The Morgan fingerprint density at radius 3 is 2.21 bits per heavy atom. The molecule has 7 nitrogen and oxygen atoms in total. The molecule has 2 fully saturated rings. The summed E-state index contributed by atoms with van der Waals surface area (Å²) in [6, 6.07) is 18.2. The van der Waals surface area contributed by atoms with Gasteiger partial charge in [-0.25, -0.2) is 4.98 Å². The number of aromatic nitrogens is 2. The Bertz CT molecular complexity index is 1120. The highest BCUT2D eigenvalue weighted by atomic mass is 32.2. The average molecular weight is 464 g/mol. The number of fused-ring (bicyclic) bond motifs is 1. The first kappa shape index (κ1) is 22.0. The summed E-state index contributed by atoms with van der Waals surface area (Å²) >= 11 is 1.48. The van der Waals surface area contributed by atoms with Crippen LogP contribution in [0.3, 0.4) is 0 Å². The number of carbonyl (C=O) groups is 2. The van der Waals surface area contributed by atoms with E-state index in [9.17, 15) is 9.59 Å². The molecule has 0 bridgehead atoms. The van der Waals surface area contributed by atoms with Crippen molar-refractivity contribution in [2.75, 3.05) is 51.6 Å². The number of imidazole rings is 1. The molecule has 0 saturated carbocycles. The number of para-hydroxylation sites is 3. The number of amides is 2. The highest BCUT2D eigenvalue weighted by Crippen LogP contribution is 2.28. The molecule has 2 amide bonds. The van der Waals surface area contributed by atoms with Crippen LogP contribution in [0.5, 0.6) is 0 Å². The molecule has 2 aliphatic heterocycles. The van der Waals surface area contributed by atoms with Gasteiger partial charge in [0.2, 0.25) is 11.8 Å². The van der Waals surface area contributed by atoms with Gasteiger partial charge >= 0.3 is 0 Å². The molecule has 3 aromatic rings. The third-order valence-electron chi connectivity index (χ3n) is 6.41. The highest BCUT2D eigenvalue weighted by Gasteiger charge is 2.25. The Hall–Kier alpha value is -2.84. The number of carbonyl (C=O) groups excluding carboxylic acids is 2. The zero-order valence-electron chi connectivity index (χ0n) is 18.7. The van der Waals surface area contributed by atoms with E-state index in [4.69, 9.17) is 4.98 Å². The molecule has 1 aromatic heterocycles. The Morgan fingerprint density at radius 2 is 1.45 bits per heavy atom. The molecule has 3 heterocycles. The Morgan fingerprint density at radius 1 is 0.788 bits per heavy atom. The minimum Gasteiger partial charge on any atom is -0.342 e. The van der Waals surface area contributed by atoms with Gasteiger partial charge < -0.3 is 9.80 Å². The van der Waals surface area contributed by atoms with Gasteiger partial charge in [-0.2, -0.15) is 0 Å². The van der Waals surface area contributed by atoms with Gasteiger partial charge in [-0.3, -0.25) is 19.1 Å². The van der Waals surface area contributed by atoms with E-state index in [2.05, 4.69) is 27.7 Å². The van der Waals surface area contributed by atoms with Crippen molar-refractivity contribution < 1.29 is 9.59 Å². The summed E-state index contributed by atoms with van der Waals surface area (Å²) in [6.07, 6.45) is 2.23. The molecule has 0 unspecified atom stereocenters. The molecule has 0 aliphatic carbocycles. The lowest BCUT2D eigenvalue weighted by atomic mass is 10.3. The van der Waals surface area contributed by atoms with Crippen molar-refractivity contribution in [1.82, 2.24) is 24.3 Å². The van der Waals surface area contributed by atoms with Crippen LogP contribution in [0.1, 0.15) is 12.8 Å². The maximum absolute atomic E-state index is 12.9. The van der Waals surface area contributed by atoms with E-state index < -0.39 is 0 Å². The van der Waals surface area contributed by atoms with Crippen molar-refractivity contribution in [3.05, 3.63) is 54.6 Å². The molecular weight excluding hydrogens is 434 g/mol. The Kier molecular flexibility index (Phi) is 6.64. The Balaban J connectivity index is 1.19. The molecule has 5 rings (SSSR count). The number of hydrogen-bond donors (Lipinski definition) is 0. The number of nitrogens with zero attached hydrogens (tertiary/aromatic N) is 5. The fraction of sp³-hybridized carbons (Fsp3) is 0.400. The highest BCUT2D eigenvalue weighted by molar-refractivity contribution is 7.99. The van der Waals surface area contributed by atoms with Gasteiger partial charge in [0, 0.05) is 45.0 Å². The van der Waals surface area contributed by atoms with Crippen molar-refractivity contribution in [2.45, 2.75) is 18.0 Å². The average Bonchev–Trinajstić information content (AvgIpc) is 3.52. The topological polar surface area (TPSA) is 61.7 Å². The van der Waals surface area contributed by atoms with Crippen molar-refractivity contribution in [3.8, 4) is 5.69 Å². The van der Waals surface area contributed by atoms with E-state index >= 15 is 0 Å². The molecule has 2 aliphatic rings. The van der Waals surface area contributed by atoms with Crippen molar-refractivity contribution in [2.24, 2.45) is 0 Å². The second-order valence-electron chi connectivity index (χ2n) is 8.59. The van der Waals surface area contributed by atoms with Crippen LogP contribution in [-0.2, 0) is 9.59 Å². The third kappa shape index (κ3) is 4.91. The molecule has 2 aromatic carbocycles. The number of benzene rings is 2. The van der Waals surface area contributed by atoms with Crippen LogP contribution in [-0.4, -0.2) is 87.6 Å². The van der Waals surface area contributed by atoms with Crippen LogP contribution in [0.15, 0.2) is 59.8 Å². The summed E-state index contributed by atoms with van der Waals surface area (Å²) in [5.74, 6) is 0.697. The first-order chi connectivity index (χ1) is 16.2. The van der Waals surface area contributed by atoms with Gasteiger partial charge in [-0.05, 0) is 37.1 Å². The summed E-state index contributed by atoms with van der Waals surface area (Å²) in [5, 5.41) is 0.825. The van der Waals surface area contributed by atoms with Crippen LogP contribution >= 0.6 is 11.8 Å². The van der Waals surface area contributed by atoms with Gasteiger partial charge in [0.15, 0.2) is 5.16 Å². The summed E-state index contributed by atoms with van der Waals surface area (Å²) in [5.41, 5.74) is 3.00. The molecule has 2 saturated heterocycles. The van der Waals surface area contributed by atoms with E-state index in [-0.39, 0.29) is 11.8 Å². The van der Waals surface area contributed by atoms with E-state index in [1.165, 1.54) is 11.8 Å². The molecule has 0 radical (unpaired) electrons. The number of piperazine rings is 1. The molecule has 33 heavy (non-hydrogen) atoms. The largest absolute Gasteiger partial charge is 0.342 e. The second kappa shape index (κ2) is 9.97. The second-order valence-corrected chi connectivity index (χ2v) is 9.53. The predicted molar refractivity (Wildman–Crippen MR) is 131 cm³/mol. The van der Waals surface area contributed by atoms with Crippen LogP contribution in [0.2, 0.25) is 0 Å². The first-order valence-electron chi connectivity index (χ1n) is 11.6. The molecule has 0 spiro atoms. The van der Waals surface area contributed by atoms with Crippen LogP contribution in [0.25, 0.3) is 16.7 Å². The van der Waals surface area contributed by atoms with Gasteiger partial charge in [0.05, 0.1) is 23.3 Å². The lowest BCUT2D eigenvalue weighted by molar-refractivity contribution is -0.133. The number of likely N-dealkylation sites (tertiary alicyclic amines) is 1. The van der Waals surface area contributed by atoms with Gasteiger partial charge in [-0.1, -0.05) is 42.1 Å². The van der Waals surface area contributed by atoms with Crippen molar-refractivity contribution in [1.29, 1.82) is 0 Å². The minimum absolute atomic E-state index is 0.122. The number of thioether (sulfide) groups is 1. The van der Waals surface area contributed by atoms with Crippen molar-refractivity contribution >= 4 is 34.6 Å². The van der Waals surface area contributed by atoms with E-state index in [0.29, 0.717) is 25.4 Å². The minimum atomic E-state index is 0.122. The van der Waals surface area contributed by atoms with Crippen LogP contribution in [0.4, 0.5) is 0 Å². The first-order valence-corrected chi connectivity index (χ1v) is 12.6. The number of hydrogen-bond acceptors (Lipinski definition) is 5. The predicted octanol–water partition coefficient (Wildman–Crippen LogP) is 2.88. The molecule has 0 atom stereocenters. The summed E-state index contributed by atoms with van der Waals surface area (Å²) < 4.78 is 2.12. The molecule has 0 N–H and O–H groups in total. The molecular formula is C25H29N5O2S. The zero-order valence-corrected chi connectivity index (χ0v) is 19.5. The molecule has 8 heteroatoms.